The summed E-state index contributed by atoms with van der Waals surface area (Å²) in [5, 5.41) is 1.07. The predicted molar refractivity (Wildman–Crippen MR) is 96.8 cm³/mol. The van der Waals surface area contributed by atoms with Crippen molar-refractivity contribution >= 4 is 31.2 Å². The van der Waals surface area contributed by atoms with E-state index < -0.39 is 0 Å². The van der Waals surface area contributed by atoms with E-state index in [1.165, 1.54) is 23.1 Å². The van der Waals surface area contributed by atoms with Crippen molar-refractivity contribution in [3.8, 4) is 0 Å². The van der Waals surface area contributed by atoms with Gasteiger partial charge in [-0.15, -0.1) is 0 Å². The Morgan fingerprint density at radius 2 is 1.57 bits per heavy atom. The van der Waals surface area contributed by atoms with Gasteiger partial charge in [-0.25, -0.2) is 0 Å². The normalized spacial score (nSPS) is 17.8. The number of aliphatic imine (C=N–C) groups is 2. The third-order valence-electron chi connectivity index (χ3n) is 4.18. The summed E-state index contributed by atoms with van der Waals surface area (Å²) in [6, 6.07) is 18.8. The summed E-state index contributed by atoms with van der Waals surface area (Å²) in [6.45, 7) is 2.29. The third kappa shape index (κ3) is 3.24. The molecule has 4 heteroatoms. The number of para-hydroxylation sites is 1. The van der Waals surface area contributed by atoms with E-state index in [1.54, 1.807) is 0 Å². The molecular weight excluding hydrogens is 349 g/mol. The van der Waals surface area contributed by atoms with Crippen molar-refractivity contribution in [2.75, 3.05) is 13.1 Å². The van der Waals surface area contributed by atoms with Gasteiger partial charge >= 0.3 is 143 Å². The van der Waals surface area contributed by atoms with Crippen LogP contribution >= 0.6 is 0 Å². The number of hydrogen-bond donors (Lipinski definition) is 0. The fourth-order valence-corrected chi connectivity index (χ4v) is 5.13. The number of rotatable bonds is 1. The minimum atomic E-state index is 0.358. The molecule has 2 aromatic carbocycles. The Labute approximate surface area is 143 Å². The number of hydrogen-bond acceptors (Lipinski definition) is 3. The van der Waals surface area contributed by atoms with E-state index in [-0.39, 0.29) is 0 Å². The standard InChI is InChI=1S/C19H19N3Se/c1-2-8-15(9-3-1)18-20-17-11-5-4-10-16(17)14-23-19(21-18)22-12-6-7-13-22/h1-5,8-11H,6-7,12-14H2. The van der Waals surface area contributed by atoms with Gasteiger partial charge in [-0.3, -0.25) is 0 Å². The monoisotopic (exact) mass is 369 g/mol. The van der Waals surface area contributed by atoms with Crippen LogP contribution in [0.4, 0.5) is 5.69 Å². The minimum absolute atomic E-state index is 0.358. The van der Waals surface area contributed by atoms with Gasteiger partial charge in [0.05, 0.1) is 0 Å². The molecule has 0 N–H and O–H groups in total. The van der Waals surface area contributed by atoms with Crippen molar-refractivity contribution in [1.29, 1.82) is 0 Å². The average molecular weight is 368 g/mol. The Balaban J connectivity index is 1.81. The zero-order chi connectivity index (χ0) is 15.5. The van der Waals surface area contributed by atoms with Crippen LogP contribution in [0, 0.1) is 0 Å². The van der Waals surface area contributed by atoms with E-state index in [1.807, 2.05) is 6.07 Å². The Kier molecular flexibility index (Phi) is 4.27. The van der Waals surface area contributed by atoms with Crippen LogP contribution in [0.5, 0.6) is 0 Å². The van der Waals surface area contributed by atoms with Gasteiger partial charge in [0.2, 0.25) is 0 Å². The summed E-state index contributed by atoms with van der Waals surface area (Å²) in [7, 11) is 0. The number of benzene rings is 2. The second kappa shape index (κ2) is 6.69. The first-order valence-electron chi connectivity index (χ1n) is 8.08. The number of likely N-dealkylation sites (tertiary alicyclic amines) is 1. The van der Waals surface area contributed by atoms with Crippen molar-refractivity contribution < 1.29 is 0 Å². The first-order valence-corrected chi connectivity index (χ1v) is 10.2. The molecule has 0 radical (unpaired) electrons. The second-order valence-corrected chi connectivity index (χ2v) is 7.78. The summed E-state index contributed by atoms with van der Waals surface area (Å²) >= 11 is 0.358. The quantitative estimate of drug-likeness (QED) is 0.709. The molecule has 0 atom stereocenters. The van der Waals surface area contributed by atoms with Crippen molar-refractivity contribution in [3.63, 3.8) is 0 Å². The first kappa shape index (κ1) is 14.7. The molecule has 116 valence electrons. The number of amidine groups is 2. The molecule has 2 heterocycles. The van der Waals surface area contributed by atoms with Crippen LogP contribution < -0.4 is 0 Å². The van der Waals surface area contributed by atoms with Gasteiger partial charge in [-0.2, -0.15) is 0 Å². The van der Waals surface area contributed by atoms with E-state index in [0.29, 0.717) is 15.0 Å². The van der Waals surface area contributed by atoms with Crippen LogP contribution in [0.15, 0.2) is 64.6 Å². The summed E-state index contributed by atoms with van der Waals surface area (Å²) in [5.74, 6) is 0.849. The van der Waals surface area contributed by atoms with E-state index >= 15 is 0 Å². The van der Waals surface area contributed by atoms with Crippen LogP contribution in [0.3, 0.4) is 0 Å². The molecule has 1 fully saturated rings. The van der Waals surface area contributed by atoms with E-state index in [2.05, 4.69) is 53.4 Å². The van der Waals surface area contributed by atoms with Gasteiger partial charge in [0.15, 0.2) is 0 Å². The van der Waals surface area contributed by atoms with Gasteiger partial charge in [-0.05, 0) is 0 Å². The second-order valence-electron chi connectivity index (χ2n) is 5.81. The zero-order valence-corrected chi connectivity index (χ0v) is 14.7. The molecule has 0 spiro atoms. The Hall–Kier alpha value is -1.90. The van der Waals surface area contributed by atoms with Gasteiger partial charge in [0.1, 0.15) is 0 Å². The fraction of sp³-hybridized carbons (Fsp3) is 0.263. The topological polar surface area (TPSA) is 28.0 Å². The van der Waals surface area contributed by atoms with Gasteiger partial charge in [-0.1, -0.05) is 0 Å². The molecule has 1 saturated heterocycles. The van der Waals surface area contributed by atoms with Crippen molar-refractivity contribution in [3.05, 3.63) is 65.7 Å². The van der Waals surface area contributed by atoms with Crippen LogP contribution in [0.25, 0.3) is 0 Å². The Morgan fingerprint density at radius 1 is 0.826 bits per heavy atom. The van der Waals surface area contributed by atoms with Crippen molar-refractivity contribution in [2.45, 2.75) is 18.2 Å². The third-order valence-corrected chi connectivity index (χ3v) is 6.42. The molecular formula is C19H19N3Se. The molecule has 2 aromatic rings. The van der Waals surface area contributed by atoms with Crippen LogP contribution in [-0.2, 0) is 5.32 Å². The maximum absolute atomic E-state index is 5.01. The SMILES string of the molecule is c1ccc(C2=Nc3ccccc3C[Se]C(N3CCCC3)=N2)cc1. The molecule has 23 heavy (non-hydrogen) atoms. The summed E-state index contributed by atoms with van der Waals surface area (Å²) in [6.07, 6.45) is 2.56. The fourth-order valence-electron chi connectivity index (χ4n) is 2.93. The van der Waals surface area contributed by atoms with Crippen LogP contribution in [-0.4, -0.2) is 43.5 Å². The maximum atomic E-state index is 5.01. The van der Waals surface area contributed by atoms with Gasteiger partial charge in [0, 0.05) is 0 Å². The number of nitrogens with zero attached hydrogens (tertiary/aromatic N) is 3. The van der Waals surface area contributed by atoms with Crippen molar-refractivity contribution in [2.24, 2.45) is 9.98 Å². The average Bonchev–Trinajstić information content (AvgIpc) is 3.11. The molecule has 0 saturated carbocycles. The molecule has 4 rings (SSSR count). The molecule has 0 unspecified atom stereocenters. The summed E-state index contributed by atoms with van der Waals surface area (Å²) < 4.78 is 1.26. The first-order chi connectivity index (χ1) is 11.4. The van der Waals surface area contributed by atoms with Gasteiger partial charge < -0.3 is 0 Å². The van der Waals surface area contributed by atoms with E-state index in [9.17, 15) is 0 Å². The predicted octanol–water partition coefficient (Wildman–Crippen LogP) is 3.43. The van der Waals surface area contributed by atoms with Crippen LogP contribution in [0.1, 0.15) is 24.0 Å². The Morgan fingerprint density at radius 3 is 2.39 bits per heavy atom. The van der Waals surface area contributed by atoms with Crippen LogP contribution in [0.2, 0.25) is 0 Å². The van der Waals surface area contributed by atoms with E-state index in [0.717, 1.165) is 35.5 Å². The molecule has 2 aliphatic heterocycles. The molecule has 0 amide bonds. The van der Waals surface area contributed by atoms with Gasteiger partial charge in [0.25, 0.3) is 0 Å². The summed E-state index contributed by atoms with van der Waals surface area (Å²) in [4.78, 5) is 12.4. The van der Waals surface area contributed by atoms with E-state index in [4.69, 9.17) is 9.98 Å². The zero-order valence-electron chi connectivity index (χ0n) is 13.0. The number of fused-ring (bicyclic) bond motifs is 1. The summed E-state index contributed by atoms with van der Waals surface area (Å²) in [5.41, 5.74) is 3.50. The molecule has 0 aromatic heterocycles. The molecule has 3 nitrogen and oxygen atoms in total. The van der Waals surface area contributed by atoms with Crippen molar-refractivity contribution in [1.82, 2.24) is 4.90 Å². The Bertz CT molecular complexity index is 746. The molecule has 2 aliphatic rings. The molecule has 0 aliphatic carbocycles. The molecule has 0 bridgehead atoms.